The molecule has 1 heterocycles. The van der Waals surface area contributed by atoms with Gasteiger partial charge in [-0.3, -0.25) is 4.79 Å². The third-order valence-electron chi connectivity index (χ3n) is 5.92. The van der Waals surface area contributed by atoms with Crippen molar-refractivity contribution in [3.8, 4) is 0 Å². The highest BCUT2D eigenvalue weighted by atomic mass is 16.7. The summed E-state index contributed by atoms with van der Waals surface area (Å²) in [5, 5.41) is 57.8. The van der Waals surface area contributed by atoms with Gasteiger partial charge in [-0.15, -0.1) is 0 Å². The van der Waals surface area contributed by atoms with Crippen LogP contribution in [0, 0.1) is 5.41 Å². The summed E-state index contributed by atoms with van der Waals surface area (Å²) in [6, 6.07) is 0. The number of aliphatic hydroxyl groups excluding tert-OH is 6. The van der Waals surface area contributed by atoms with E-state index in [4.69, 9.17) is 9.47 Å². The molecule has 6 atom stereocenters. The van der Waals surface area contributed by atoms with Gasteiger partial charge in [-0.2, -0.15) is 0 Å². The first-order valence-corrected chi connectivity index (χ1v) is 9.73. The number of aliphatic hydroxyl groups is 6. The van der Waals surface area contributed by atoms with Crippen LogP contribution in [0.5, 0.6) is 0 Å². The van der Waals surface area contributed by atoms with E-state index in [0.717, 1.165) is 5.57 Å². The van der Waals surface area contributed by atoms with E-state index < -0.39 is 42.7 Å². The number of carbonyl (C=O) groups excluding carboxylic acids is 1. The summed E-state index contributed by atoms with van der Waals surface area (Å²) in [6.45, 7) is 2.60. The van der Waals surface area contributed by atoms with Crippen LogP contribution in [0.2, 0.25) is 0 Å². The van der Waals surface area contributed by atoms with Crippen molar-refractivity contribution in [3.05, 3.63) is 22.8 Å². The van der Waals surface area contributed by atoms with Gasteiger partial charge in [0.2, 0.25) is 0 Å². The van der Waals surface area contributed by atoms with Crippen molar-refractivity contribution >= 4 is 5.78 Å². The zero-order valence-electron chi connectivity index (χ0n) is 16.8. The van der Waals surface area contributed by atoms with Crippen LogP contribution >= 0.6 is 0 Å². The highest BCUT2D eigenvalue weighted by molar-refractivity contribution is 5.96. The molecular weight excluding hydrogens is 384 g/mol. The maximum absolute atomic E-state index is 12.2. The van der Waals surface area contributed by atoms with Gasteiger partial charge < -0.3 is 40.1 Å². The van der Waals surface area contributed by atoms with Crippen molar-refractivity contribution in [1.82, 2.24) is 0 Å². The number of ether oxygens (including phenoxy) is 2. The quantitative estimate of drug-likeness (QED) is 0.267. The van der Waals surface area contributed by atoms with E-state index in [9.17, 15) is 35.4 Å². The van der Waals surface area contributed by atoms with Crippen LogP contribution in [0.1, 0.15) is 33.1 Å². The van der Waals surface area contributed by atoms with E-state index in [1.54, 1.807) is 13.0 Å². The Morgan fingerprint density at radius 1 is 1.17 bits per heavy atom. The average Bonchev–Trinajstić information content (AvgIpc) is 2.71. The van der Waals surface area contributed by atoms with Gasteiger partial charge in [0.1, 0.15) is 24.4 Å². The van der Waals surface area contributed by atoms with E-state index in [1.807, 2.05) is 6.92 Å². The molecule has 166 valence electrons. The molecule has 0 radical (unpaired) electrons. The van der Waals surface area contributed by atoms with Gasteiger partial charge >= 0.3 is 0 Å². The first-order chi connectivity index (χ1) is 13.7. The van der Waals surface area contributed by atoms with Crippen molar-refractivity contribution in [1.29, 1.82) is 0 Å². The van der Waals surface area contributed by atoms with Crippen molar-refractivity contribution in [2.45, 2.75) is 63.8 Å². The Bertz CT molecular complexity index is 636. The Kier molecular flexibility index (Phi) is 8.50. The molecule has 0 spiro atoms. The van der Waals surface area contributed by atoms with Crippen LogP contribution < -0.4 is 0 Å². The van der Waals surface area contributed by atoms with E-state index >= 15 is 0 Å². The molecule has 9 nitrogen and oxygen atoms in total. The van der Waals surface area contributed by atoms with E-state index in [2.05, 4.69) is 0 Å². The van der Waals surface area contributed by atoms with E-state index in [-0.39, 0.29) is 25.6 Å². The zero-order chi connectivity index (χ0) is 21.8. The summed E-state index contributed by atoms with van der Waals surface area (Å²) in [5.41, 5.74) is 1.27. The van der Waals surface area contributed by atoms with Crippen LogP contribution in [0.25, 0.3) is 0 Å². The minimum atomic E-state index is -1.53. The van der Waals surface area contributed by atoms with Gasteiger partial charge in [0.25, 0.3) is 0 Å². The van der Waals surface area contributed by atoms with Crippen molar-refractivity contribution in [2.24, 2.45) is 5.41 Å². The standard InChI is InChI=1S/C20H32O9/c1-11-13(4-3-12(7-21)8-22)20(2,6-5-14(11)24)10-28-19-18(27)17(26)16(25)15(9-23)29-19/h3,15-19,21-23,25-27H,4-10H2,1-2H3/t15-,16-,17+,18-,19-,20?/m1/s1. The number of hydrogen-bond donors (Lipinski definition) is 6. The molecule has 0 aromatic heterocycles. The summed E-state index contributed by atoms with van der Waals surface area (Å²) >= 11 is 0. The molecule has 29 heavy (non-hydrogen) atoms. The van der Waals surface area contributed by atoms with Crippen LogP contribution in [-0.2, 0) is 14.3 Å². The van der Waals surface area contributed by atoms with Crippen LogP contribution in [-0.4, -0.2) is 93.6 Å². The Balaban J connectivity index is 2.18. The molecule has 0 aromatic carbocycles. The summed E-state index contributed by atoms with van der Waals surface area (Å²) < 4.78 is 11.1. The lowest BCUT2D eigenvalue weighted by Gasteiger charge is -2.42. The normalized spacial score (nSPS) is 35.7. The van der Waals surface area contributed by atoms with E-state index in [1.165, 1.54) is 0 Å². The SMILES string of the molecule is CC1=C(CC=C(CO)CO)C(C)(CO[C@@H]2O[C@H](CO)[C@@H](O)[C@H](O)[C@H]2O)CCC1=O. The van der Waals surface area contributed by atoms with Gasteiger partial charge in [-0.25, -0.2) is 0 Å². The second-order valence-corrected chi connectivity index (χ2v) is 7.98. The average molecular weight is 416 g/mol. The van der Waals surface area contributed by atoms with Gasteiger partial charge in [-0.1, -0.05) is 18.6 Å². The predicted molar refractivity (Wildman–Crippen MR) is 102 cm³/mol. The van der Waals surface area contributed by atoms with Gasteiger partial charge in [0.15, 0.2) is 12.1 Å². The number of ketones is 1. The Morgan fingerprint density at radius 2 is 1.83 bits per heavy atom. The maximum atomic E-state index is 12.2. The topological polar surface area (TPSA) is 157 Å². The molecule has 1 aliphatic carbocycles. The largest absolute Gasteiger partial charge is 0.394 e. The molecule has 2 aliphatic rings. The summed E-state index contributed by atoms with van der Waals surface area (Å²) in [6.07, 6.45) is -3.92. The minimum absolute atomic E-state index is 0.0215. The second kappa shape index (κ2) is 10.2. The number of carbonyl (C=O) groups is 1. The van der Waals surface area contributed by atoms with Gasteiger partial charge in [0.05, 0.1) is 26.4 Å². The number of rotatable bonds is 8. The predicted octanol–water partition coefficient (Wildman–Crippen LogP) is -1.21. The minimum Gasteiger partial charge on any atom is -0.394 e. The molecule has 9 heteroatoms. The van der Waals surface area contributed by atoms with Crippen molar-refractivity contribution in [3.63, 3.8) is 0 Å². The smallest absolute Gasteiger partial charge is 0.186 e. The monoisotopic (exact) mass is 416 g/mol. The fourth-order valence-electron chi connectivity index (χ4n) is 3.80. The summed E-state index contributed by atoms with van der Waals surface area (Å²) in [4.78, 5) is 12.2. The van der Waals surface area contributed by atoms with Crippen molar-refractivity contribution < 1.29 is 44.9 Å². The third kappa shape index (κ3) is 5.31. The molecule has 6 N–H and O–H groups in total. The van der Waals surface area contributed by atoms with Crippen LogP contribution in [0.15, 0.2) is 22.8 Å². The first kappa shape index (κ1) is 24.1. The molecule has 0 aromatic rings. The Morgan fingerprint density at radius 3 is 2.41 bits per heavy atom. The van der Waals surface area contributed by atoms with Crippen LogP contribution in [0.4, 0.5) is 0 Å². The summed E-state index contributed by atoms with van der Waals surface area (Å²) in [5.74, 6) is 0.0215. The molecule has 1 saturated heterocycles. The lowest BCUT2D eigenvalue weighted by atomic mass is 9.70. The third-order valence-corrected chi connectivity index (χ3v) is 5.92. The highest BCUT2D eigenvalue weighted by Gasteiger charge is 2.45. The number of hydrogen-bond acceptors (Lipinski definition) is 9. The molecular formula is C20H32O9. The molecule has 2 rings (SSSR count). The summed E-state index contributed by atoms with van der Waals surface area (Å²) in [7, 11) is 0. The van der Waals surface area contributed by atoms with Crippen molar-refractivity contribution in [2.75, 3.05) is 26.4 Å². The van der Waals surface area contributed by atoms with Gasteiger partial charge in [0, 0.05) is 11.8 Å². The molecule has 1 unspecified atom stereocenters. The Hall–Kier alpha value is -1.17. The zero-order valence-corrected chi connectivity index (χ0v) is 16.8. The number of Topliss-reactive ketones (excluding diaryl/α,β-unsaturated/α-hetero) is 1. The van der Waals surface area contributed by atoms with E-state index in [0.29, 0.717) is 30.4 Å². The second-order valence-electron chi connectivity index (χ2n) is 7.98. The Labute approximate surface area is 169 Å². The molecule has 1 fully saturated rings. The van der Waals surface area contributed by atoms with Gasteiger partial charge in [-0.05, 0) is 30.9 Å². The lowest BCUT2D eigenvalue weighted by Crippen LogP contribution is -2.59. The van der Waals surface area contributed by atoms with Crippen LogP contribution in [0.3, 0.4) is 0 Å². The maximum Gasteiger partial charge on any atom is 0.186 e. The highest BCUT2D eigenvalue weighted by Crippen LogP contribution is 2.42. The number of allylic oxidation sites excluding steroid dienone is 2. The fraction of sp³-hybridized carbons (Fsp3) is 0.750. The molecule has 1 aliphatic heterocycles. The lowest BCUT2D eigenvalue weighted by molar-refractivity contribution is -0.305. The molecule has 0 amide bonds. The first-order valence-electron chi connectivity index (χ1n) is 9.73. The molecule has 0 saturated carbocycles. The molecule has 0 bridgehead atoms. The fourth-order valence-corrected chi connectivity index (χ4v) is 3.80.